The maximum Gasteiger partial charge on any atom is 0.289 e. The Bertz CT molecular complexity index is 1390. The zero-order chi connectivity index (χ0) is 23.7. The molecule has 3 aromatic heterocycles. The van der Waals surface area contributed by atoms with Crippen molar-refractivity contribution in [2.45, 2.75) is 13.0 Å². The molecule has 1 fully saturated rings. The Labute approximate surface area is 192 Å². The Kier molecular flexibility index (Phi) is 5.66. The summed E-state index contributed by atoms with van der Waals surface area (Å²) in [6, 6.07) is 9.00. The summed E-state index contributed by atoms with van der Waals surface area (Å²) in [6.45, 7) is 1.85. The van der Waals surface area contributed by atoms with E-state index in [1.807, 2.05) is 0 Å². The molecule has 5 rings (SSSR count). The second-order valence-corrected chi connectivity index (χ2v) is 7.91. The molecule has 0 bridgehead atoms. The second kappa shape index (κ2) is 8.93. The summed E-state index contributed by atoms with van der Waals surface area (Å²) < 4.78 is 21.2. The van der Waals surface area contributed by atoms with Crippen LogP contribution in [0.25, 0.3) is 16.7 Å². The highest BCUT2D eigenvalue weighted by Crippen LogP contribution is 2.15. The Morgan fingerprint density at radius 1 is 1.03 bits per heavy atom. The van der Waals surface area contributed by atoms with Gasteiger partial charge in [0.15, 0.2) is 11.4 Å². The monoisotopic (exact) mass is 464 g/mol. The quantitative estimate of drug-likeness (QED) is 0.445. The van der Waals surface area contributed by atoms with E-state index in [2.05, 4.69) is 10.1 Å². The fourth-order valence-electron chi connectivity index (χ4n) is 3.97. The van der Waals surface area contributed by atoms with Crippen LogP contribution in [0.5, 0.6) is 0 Å². The molecule has 0 radical (unpaired) electrons. The topological polar surface area (TPSA) is 106 Å². The molecule has 0 saturated carbocycles. The van der Waals surface area contributed by atoms with Crippen LogP contribution in [0, 0.1) is 5.82 Å². The first-order valence-electron chi connectivity index (χ1n) is 10.8. The van der Waals surface area contributed by atoms with Crippen LogP contribution < -0.4 is 5.56 Å². The van der Waals surface area contributed by atoms with Crippen molar-refractivity contribution in [1.29, 1.82) is 0 Å². The molecule has 0 aliphatic carbocycles. The maximum absolute atomic E-state index is 13.2. The van der Waals surface area contributed by atoms with Gasteiger partial charge >= 0.3 is 0 Å². The van der Waals surface area contributed by atoms with Crippen molar-refractivity contribution in [2.75, 3.05) is 26.2 Å². The lowest BCUT2D eigenvalue weighted by Crippen LogP contribution is -2.50. The number of carbonyl (C=O) groups is 2. The third kappa shape index (κ3) is 4.07. The molecular weight excluding hydrogens is 443 g/mol. The molecule has 174 valence electrons. The molecule has 1 aliphatic heterocycles. The average molecular weight is 464 g/mol. The highest BCUT2D eigenvalue weighted by molar-refractivity contribution is 5.91. The van der Waals surface area contributed by atoms with Crippen molar-refractivity contribution in [3.05, 3.63) is 77.1 Å². The molecule has 1 aromatic carbocycles. The number of piperazine rings is 1. The number of halogens is 1. The summed E-state index contributed by atoms with van der Waals surface area (Å²) in [7, 11) is 0. The molecule has 1 saturated heterocycles. The van der Waals surface area contributed by atoms with Crippen LogP contribution >= 0.6 is 0 Å². The van der Waals surface area contributed by atoms with E-state index < -0.39 is 0 Å². The van der Waals surface area contributed by atoms with E-state index in [1.54, 1.807) is 34.1 Å². The summed E-state index contributed by atoms with van der Waals surface area (Å²) in [5.74, 6) is -0.376. The fraction of sp³-hybridized carbons (Fsp3) is 0.261. The van der Waals surface area contributed by atoms with Crippen LogP contribution in [0.1, 0.15) is 17.0 Å². The van der Waals surface area contributed by atoms with E-state index in [0.717, 1.165) is 0 Å². The number of rotatable bonds is 5. The second-order valence-electron chi connectivity index (χ2n) is 7.91. The van der Waals surface area contributed by atoms with Crippen LogP contribution in [-0.4, -0.2) is 67.1 Å². The average Bonchev–Trinajstić information content (AvgIpc) is 3.55. The molecular formula is C23H21FN6O4. The lowest BCUT2D eigenvalue weighted by atomic mass is 10.2. The number of benzene rings is 1. The van der Waals surface area contributed by atoms with Crippen LogP contribution in [0.15, 0.2) is 64.4 Å². The van der Waals surface area contributed by atoms with E-state index in [4.69, 9.17) is 4.42 Å². The van der Waals surface area contributed by atoms with Crippen LogP contribution in [0.2, 0.25) is 0 Å². The van der Waals surface area contributed by atoms with Gasteiger partial charge in [-0.1, -0.05) is 0 Å². The van der Waals surface area contributed by atoms with Crippen LogP contribution in [0.4, 0.5) is 4.39 Å². The number of carbonyl (C=O) groups excluding carboxylic acids is 2. The Balaban J connectivity index is 1.22. The van der Waals surface area contributed by atoms with Crippen molar-refractivity contribution in [2.24, 2.45) is 0 Å². The van der Waals surface area contributed by atoms with Crippen molar-refractivity contribution < 1.29 is 18.4 Å². The van der Waals surface area contributed by atoms with Crippen LogP contribution in [-0.2, 0) is 11.3 Å². The minimum atomic E-state index is -0.370. The third-order valence-electron chi connectivity index (χ3n) is 5.84. The van der Waals surface area contributed by atoms with Crippen molar-refractivity contribution in [1.82, 2.24) is 29.1 Å². The number of nitrogens with zero attached hydrogens (tertiary/aromatic N) is 6. The van der Waals surface area contributed by atoms with E-state index in [1.165, 1.54) is 40.2 Å². The van der Waals surface area contributed by atoms with Gasteiger partial charge in [-0.05, 0) is 36.4 Å². The molecule has 0 unspecified atom stereocenters. The summed E-state index contributed by atoms with van der Waals surface area (Å²) >= 11 is 0. The summed E-state index contributed by atoms with van der Waals surface area (Å²) in [5.41, 5.74) is 0.637. The number of amides is 2. The van der Waals surface area contributed by atoms with E-state index in [9.17, 15) is 18.8 Å². The molecule has 34 heavy (non-hydrogen) atoms. The maximum atomic E-state index is 13.2. The third-order valence-corrected chi connectivity index (χ3v) is 5.84. The normalized spacial score (nSPS) is 14.0. The first kappa shape index (κ1) is 21.6. The smallest absolute Gasteiger partial charge is 0.289 e. The summed E-state index contributed by atoms with van der Waals surface area (Å²) in [4.78, 5) is 45.6. The van der Waals surface area contributed by atoms with Gasteiger partial charge in [-0.2, -0.15) is 5.10 Å². The zero-order valence-corrected chi connectivity index (χ0v) is 18.1. The predicted molar refractivity (Wildman–Crippen MR) is 119 cm³/mol. The Morgan fingerprint density at radius 2 is 1.76 bits per heavy atom. The van der Waals surface area contributed by atoms with Gasteiger partial charge in [0.2, 0.25) is 5.91 Å². The first-order chi connectivity index (χ1) is 16.5. The SMILES string of the molecule is O=C(CCn1cnc2c(cnn2-c2ccc(F)cc2)c1=O)N1CCN(C(=O)c2ccco2)CC1. The summed E-state index contributed by atoms with van der Waals surface area (Å²) in [5, 5.41) is 4.52. The number of aryl methyl sites for hydroxylation is 1. The Morgan fingerprint density at radius 3 is 2.47 bits per heavy atom. The fourth-order valence-corrected chi connectivity index (χ4v) is 3.97. The van der Waals surface area contributed by atoms with E-state index in [-0.39, 0.29) is 41.9 Å². The number of hydrogen-bond donors (Lipinski definition) is 0. The van der Waals surface area contributed by atoms with Gasteiger partial charge in [-0.25, -0.2) is 14.1 Å². The molecule has 0 spiro atoms. The lowest BCUT2D eigenvalue weighted by Gasteiger charge is -2.34. The Hall–Kier alpha value is -4.28. The molecule has 10 nitrogen and oxygen atoms in total. The molecule has 4 heterocycles. The van der Waals surface area contributed by atoms with Crippen molar-refractivity contribution in [3.63, 3.8) is 0 Å². The van der Waals surface area contributed by atoms with Crippen LogP contribution in [0.3, 0.4) is 0 Å². The highest BCUT2D eigenvalue weighted by Gasteiger charge is 2.26. The molecule has 1 aliphatic rings. The number of furan rings is 1. The highest BCUT2D eigenvalue weighted by atomic mass is 19.1. The van der Waals surface area contributed by atoms with Crippen molar-refractivity contribution in [3.8, 4) is 5.69 Å². The molecule has 11 heteroatoms. The molecule has 0 atom stereocenters. The minimum absolute atomic E-state index is 0.0981. The van der Waals surface area contributed by atoms with E-state index in [0.29, 0.717) is 42.9 Å². The standard InChI is InChI=1S/C23H21FN6O4/c24-16-3-5-17(6-4-16)30-21-18(14-26-30)22(32)29(15-25-21)8-7-20(31)27-9-11-28(12-10-27)23(33)19-2-1-13-34-19/h1-6,13-15H,7-12H2. The minimum Gasteiger partial charge on any atom is -0.459 e. The van der Waals surface area contributed by atoms with Gasteiger partial charge in [-0.15, -0.1) is 0 Å². The van der Waals surface area contributed by atoms with Gasteiger partial charge < -0.3 is 14.2 Å². The largest absolute Gasteiger partial charge is 0.459 e. The molecule has 2 amide bonds. The lowest BCUT2D eigenvalue weighted by molar-refractivity contribution is -0.132. The van der Waals surface area contributed by atoms with E-state index >= 15 is 0 Å². The van der Waals surface area contributed by atoms with Gasteiger partial charge in [0.05, 0.1) is 24.5 Å². The predicted octanol–water partition coefficient (Wildman–Crippen LogP) is 1.69. The first-order valence-corrected chi connectivity index (χ1v) is 10.8. The van der Waals surface area contributed by atoms with Gasteiger partial charge in [0.1, 0.15) is 11.2 Å². The van der Waals surface area contributed by atoms with Gasteiger partial charge in [-0.3, -0.25) is 19.0 Å². The number of hydrogen-bond acceptors (Lipinski definition) is 6. The van der Waals surface area contributed by atoms with Crippen molar-refractivity contribution >= 4 is 22.8 Å². The van der Waals surface area contributed by atoms with Gasteiger partial charge in [0.25, 0.3) is 11.5 Å². The van der Waals surface area contributed by atoms with Gasteiger partial charge in [0, 0.05) is 39.1 Å². The molecule has 0 N–H and O–H groups in total. The molecule has 4 aromatic rings. The summed E-state index contributed by atoms with van der Waals surface area (Å²) in [6.07, 6.45) is 4.39. The zero-order valence-electron chi connectivity index (χ0n) is 18.1. The number of aromatic nitrogens is 4. The number of fused-ring (bicyclic) bond motifs is 1.